The van der Waals surface area contributed by atoms with Gasteiger partial charge in [-0.2, -0.15) is 0 Å². The van der Waals surface area contributed by atoms with Crippen molar-refractivity contribution in [3.8, 4) is 0 Å². The first-order valence-corrected chi connectivity index (χ1v) is 9.46. The topological polar surface area (TPSA) is 66.5 Å². The molecule has 2 aliphatic rings. The van der Waals surface area contributed by atoms with Crippen LogP contribution in [0.4, 0.5) is 0 Å². The first-order chi connectivity index (χ1) is 9.33. The number of hydrogen-bond donors (Lipinski definition) is 1. The van der Waals surface area contributed by atoms with Crippen LogP contribution in [0.5, 0.6) is 0 Å². The lowest BCUT2D eigenvalue weighted by Crippen LogP contribution is -2.50. The maximum absolute atomic E-state index is 12.7. The zero-order valence-corrected chi connectivity index (χ0v) is 13.5. The Hall–Kier alpha value is -0.620. The summed E-state index contributed by atoms with van der Waals surface area (Å²) in [6.07, 6.45) is 4.02. The van der Waals surface area contributed by atoms with Gasteiger partial charge in [-0.05, 0) is 32.6 Å². The monoisotopic (exact) mass is 302 g/mol. The third kappa shape index (κ3) is 2.86. The highest BCUT2D eigenvalue weighted by Gasteiger charge is 2.49. The molecule has 0 aromatic rings. The van der Waals surface area contributed by atoms with Crippen molar-refractivity contribution in [2.45, 2.75) is 70.6 Å². The molecule has 5 nitrogen and oxygen atoms in total. The van der Waals surface area contributed by atoms with E-state index < -0.39 is 15.4 Å². The second-order valence-electron chi connectivity index (χ2n) is 6.26. The van der Waals surface area contributed by atoms with E-state index in [0.717, 1.165) is 25.7 Å². The summed E-state index contributed by atoms with van der Waals surface area (Å²) in [6, 6.07) is -0.154. The molecule has 2 rings (SSSR count). The maximum atomic E-state index is 12.7. The molecule has 0 aliphatic carbocycles. The molecule has 3 unspecified atom stereocenters. The molecule has 1 N–H and O–H groups in total. The molecule has 20 heavy (non-hydrogen) atoms. The van der Waals surface area contributed by atoms with E-state index in [1.165, 1.54) is 0 Å². The Morgan fingerprint density at radius 3 is 2.65 bits per heavy atom. The molecule has 6 heteroatoms. The smallest absolute Gasteiger partial charge is 0.244 e. The third-order valence-electron chi connectivity index (χ3n) is 4.63. The van der Waals surface area contributed by atoms with Gasteiger partial charge < -0.3 is 4.90 Å². The van der Waals surface area contributed by atoms with E-state index in [0.29, 0.717) is 6.42 Å². The summed E-state index contributed by atoms with van der Waals surface area (Å²) >= 11 is 0. The fraction of sp³-hybridized carbons (Fsp3) is 0.929. The van der Waals surface area contributed by atoms with Crippen LogP contribution in [-0.4, -0.2) is 48.5 Å². The van der Waals surface area contributed by atoms with Gasteiger partial charge in [-0.25, -0.2) is 8.42 Å². The molecule has 1 amide bonds. The summed E-state index contributed by atoms with van der Waals surface area (Å²) < 4.78 is 23.7. The molecule has 0 aromatic carbocycles. The zero-order valence-electron chi connectivity index (χ0n) is 12.7. The average Bonchev–Trinajstić information content (AvgIpc) is 2.61. The van der Waals surface area contributed by atoms with Gasteiger partial charge in [0.2, 0.25) is 5.91 Å². The molecule has 0 aromatic heterocycles. The molecule has 0 spiro atoms. The second kappa shape index (κ2) is 5.64. The number of rotatable bonds is 4. The van der Waals surface area contributed by atoms with Crippen LogP contribution in [0, 0.1) is 0 Å². The summed E-state index contributed by atoms with van der Waals surface area (Å²) in [5, 5.41) is 3.42. The Kier molecular flexibility index (Phi) is 4.44. The largest absolute Gasteiger partial charge is 0.322 e. The normalized spacial score (nSPS) is 37.4. The van der Waals surface area contributed by atoms with Crippen LogP contribution in [0.3, 0.4) is 0 Å². The van der Waals surface area contributed by atoms with E-state index in [1.807, 2.05) is 18.7 Å². The molecule has 116 valence electrons. The van der Waals surface area contributed by atoms with Crippen LogP contribution in [0.1, 0.15) is 52.9 Å². The number of amides is 1. The van der Waals surface area contributed by atoms with Crippen molar-refractivity contribution in [2.24, 2.45) is 0 Å². The molecule has 3 atom stereocenters. The number of nitrogens with zero attached hydrogens (tertiary/aromatic N) is 1. The fourth-order valence-electron chi connectivity index (χ4n) is 3.30. The summed E-state index contributed by atoms with van der Waals surface area (Å²) in [5.41, 5.74) is -0.541. The van der Waals surface area contributed by atoms with Gasteiger partial charge in [0.25, 0.3) is 0 Å². The van der Waals surface area contributed by atoms with Gasteiger partial charge in [0, 0.05) is 6.04 Å². The van der Waals surface area contributed by atoms with Gasteiger partial charge in [-0.3, -0.25) is 10.1 Å². The van der Waals surface area contributed by atoms with Crippen LogP contribution in [0.15, 0.2) is 0 Å². The lowest BCUT2D eigenvalue weighted by Gasteiger charge is -2.35. The van der Waals surface area contributed by atoms with Crippen LogP contribution in [-0.2, 0) is 14.6 Å². The first-order valence-electron chi connectivity index (χ1n) is 7.64. The lowest BCUT2D eigenvalue weighted by molar-refractivity contribution is -0.135. The highest BCUT2D eigenvalue weighted by atomic mass is 32.2. The lowest BCUT2D eigenvalue weighted by atomic mass is 9.98. The van der Waals surface area contributed by atoms with Gasteiger partial charge in [0.15, 0.2) is 9.84 Å². The van der Waals surface area contributed by atoms with E-state index in [9.17, 15) is 13.2 Å². The average molecular weight is 302 g/mol. The Labute approximate surface area is 122 Å². The summed E-state index contributed by atoms with van der Waals surface area (Å²) in [5.74, 6) is 0.462. The summed E-state index contributed by atoms with van der Waals surface area (Å²) in [7, 11) is -3.00. The first kappa shape index (κ1) is 15.8. The van der Waals surface area contributed by atoms with Crippen LogP contribution in [0.2, 0.25) is 0 Å². The summed E-state index contributed by atoms with van der Waals surface area (Å²) in [4.78, 5) is 14.6. The standard InChI is InChI=1S/C14H26N2O3S/c1-4-7-12-15-14(3,5-2)13(17)16(12)11-8-6-9-20(18,19)10-11/h11-12,15H,4-10H2,1-3H3. The van der Waals surface area contributed by atoms with E-state index >= 15 is 0 Å². The molecule has 0 radical (unpaired) electrons. The van der Waals surface area contributed by atoms with E-state index in [2.05, 4.69) is 12.2 Å². The molecule has 2 fully saturated rings. The van der Waals surface area contributed by atoms with E-state index in [4.69, 9.17) is 0 Å². The minimum Gasteiger partial charge on any atom is -0.322 e. The van der Waals surface area contributed by atoms with Gasteiger partial charge in [-0.15, -0.1) is 0 Å². The van der Waals surface area contributed by atoms with Crippen molar-refractivity contribution in [3.05, 3.63) is 0 Å². The second-order valence-corrected chi connectivity index (χ2v) is 8.49. The minimum atomic E-state index is -3.00. The number of nitrogens with one attached hydrogen (secondary N) is 1. The zero-order chi connectivity index (χ0) is 15.0. The molecular weight excluding hydrogens is 276 g/mol. The van der Waals surface area contributed by atoms with Crippen LogP contribution < -0.4 is 5.32 Å². The Morgan fingerprint density at radius 2 is 2.10 bits per heavy atom. The molecule has 0 bridgehead atoms. The van der Waals surface area contributed by atoms with Crippen molar-refractivity contribution in [1.29, 1.82) is 0 Å². The Morgan fingerprint density at radius 1 is 1.40 bits per heavy atom. The molecule has 2 heterocycles. The molecule has 0 saturated carbocycles. The van der Waals surface area contributed by atoms with Gasteiger partial charge in [-0.1, -0.05) is 20.3 Å². The number of hydrogen-bond acceptors (Lipinski definition) is 4. The number of sulfone groups is 1. The van der Waals surface area contributed by atoms with Gasteiger partial charge in [0.1, 0.15) is 0 Å². The van der Waals surface area contributed by atoms with Crippen molar-refractivity contribution >= 4 is 15.7 Å². The fourth-order valence-corrected chi connectivity index (χ4v) is 4.99. The third-order valence-corrected chi connectivity index (χ3v) is 6.43. The Balaban J connectivity index is 2.24. The predicted octanol–water partition coefficient (Wildman–Crippen LogP) is 1.29. The summed E-state index contributed by atoms with van der Waals surface area (Å²) in [6.45, 7) is 6.01. The van der Waals surface area contributed by atoms with Crippen molar-refractivity contribution < 1.29 is 13.2 Å². The van der Waals surface area contributed by atoms with Crippen molar-refractivity contribution in [2.75, 3.05) is 11.5 Å². The highest BCUT2D eigenvalue weighted by molar-refractivity contribution is 7.91. The molecular formula is C14H26N2O3S. The SMILES string of the molecule is CCCC1NC(C)(CC)C(=O)N1C1CCCS(=O)(=O)C1. The van der Waals surface area contributed by atoms with Crippen molar-refractivity contribution in [1.82, 2.24) is 10.2 Å². The van der Waals surface area contributed by atoms with Gasteiger partial charge >= 0.3 is 0 Å². The molecule has 2 aliphatic heterocycles. The number of carbonyl (C=O) groups is 1. The predicted molar refractivity (Wildman–Crippen MR) is 79.0 cm³/mol. The van der Waals surface area contributed by atoms with Crippen LogP contribution in [0.25, 0.3) is 0 Å². The maximum Gasteiger partial charge on any atom is 0.244 e. The van der Waals surface area contributed by atoms with Crippen LogP contribution >= 0.6 is 0 Å². The number of carbonyl (C=O) groups excluding carboxylic acids is 1. The van der Waals surface area contributed by atoms with Gasteiger partial charge in [0.05, 0.1) is 23.2 Å². The minimum absolute atomic E-state index is 0.0178. The van der Waals surface area contributed by atoms with E-state index in [1.54, 1.807) is 0 Å². The van der Waals surface area contributed by atoms with Crippen molar-refractivity contribution in [3.63, 3.8) is 0 Å². The highest BCUT2D eigenvalue weighted by Crippen LogP contribution is 2.31. The quantitative estimate of drug-likeness (QED) is 0.850. The van der Waals surface area contributed by atoms with E-state index in [-0.39, 0.29) is 29.6 Å². The molecule has 2 saturated heterocycles. The Bertz CT molecular complexity index is 477.